The second-order valence-corrected chi connectivity index (χ2v) is 6.14. The summed E-state index contributed by atoms with van der Waals surface area (Å²) in [7, 11) is 0. The Balaban J connectivity index is 1.81. The number of benzene rings is 2. The van der Waals surface area contributed by atoms with Crippen LogP contribution in [0.2, 0.25) is 10.0 Å². The monoisotopic (exact) mass is 382 g/mol. The third-order valence-corrected chi connectivity index (χ3v) is 4.07. The van der Waals surface area contributed by atoms with E-state index < -0.39 is 5.91 Å². The number of carbonyl (C=O) groups is 1. The molecular weight excluding hydrogens is 371 g/mol. The molecule has 0 bridgehead atoms. The molecule has 0 aliphatic heterocycles. The van der Waals surface area contributed by atoms with Crippen LogP contribution in [0.1, 0.15) is 5.56 Å². The number of hydrogen-bond acceptors (Lipinski definition) is 3. The van der Waals surface area contributed by atoms with Gasteiger partial charge in [-0.15, -0.1) is 0 Å². The Labute approximate surface area is 160 Å². The van der Waals surface area contributed by atoms with E-state index in [1.165, 1.54) is 6.08 Å². The molecule has 3 aromatic rings. The van der Waals surface area contributed by atoms with Crippen molar-refractivity contribution in [1.29, 1.82) is 5.26 Å². The molecule has 0 spiro atoms. The quantitative estimate of drug-likeness (QED) is 0.523. The van der Waals surface area contributed by atoms with E-state index in [2.05, 4.69) is 10.4 Å². The van der Waals surface area contributed by atoms with Gasteiger partial charge in [0.05, 0.1) is 22.6 Å². The number of para-hydroxylation sites is 1. The molecule has 0 radical (unpaired) electrons. The van der Waals surface area contributed by atoms with Gasteiger partial charge in [0.2, 0.25) is 0 Å². The molecule has 1 N–H and O–H groups in total. The topological polar surface area (TPSA) is 70.7 Å². The van der Waals surface area contributed by atoms with Crippen LogP contribution in [0.25, 0.3) is 11.8 Å². The summed E-state index contributed by atoms with van der Waals surface area (Å²) >= 11 is 11.9. The third-order valence-electron chi connectivity index (χ3n) is 3.49. The average molecular weight is 383 g/mol. The fourth-order valence-corrected chi connectivity index (χ4v) is 2.52. The Kier molecular flexibility index (Phi) is 5.37. The number of nitrogens with zero attached hydrogens (tertiary/aromatic N) is 3. The molecule has 1 aromatic heterocycles. The Hall–Kier alpha value is -3.07. The number of anilines is 1. The number of hydrogen-bond donors (Lipinski definition) is 1. The predicted octanol–water partition coefficient (Wildman–Crippen LogP) is 4.72. The fraction of sp³-hybridized carbons (Fsp3) is 0. The minimum Gasteiger partial charge on any atom is -0.320 e. The van der Waals surface area contributed by atoms with Crippen LogP contribution in [0, 0.1) is 11.3 Å². The minimum absolute atomic E-state index is 0.0550. The average Bonchev–Trinajstić information content (AvgIpc) is 3.10. The van der Waals surface area contributed by atoms with Gasteiger partial charge in [0.15, 0.2) is 0 Å². The van der Waals surface area contributed by atoms with Gasteiger partial charge in [-0.3, -0.25) is 4.79 Å². The predicted molar refractivity (Wildman–Crippen MR) is 102 cm³/mol. The maximum atomic E-state index is 12.3. The van der Waals surface area contributed by atoms with Crippen LogP contribution >= 0.6 is 23.2 Å². The molecule has 0 fully saturated rings. The van der Waals surface area contributed by atoms with Gasteiger partial charge in [0.25, 0.3) is 5.91 Å². The molecule has 26 heavy (non-hydrogen) atoms. The lowest BCUT2D eigenvalue weighted by Gasteiger charge is -2.05. The van der Waals surface area contributed by atoms with Crippen LogP contribution in [-0.4, -0.2) is 15.7 Å². The van der Waals surface area contributed by atoms with E-state index in [1.54, 1.807) is 53.5 Å². The largest absolute Gasteiger partial charge is 0.320 e. The second kappa shape index (κ2) is 7.87. The van der Waals surface area contributed by atoms with Gasteiger partial charge in [-0.25, -0.2) is 4.68 Å². The van der Waals surface area contributed by atoms with Crippen molar-refractivity contribution in [3.63, 3.8) is 0 Å². The first-order valence-electron chi connectivity index (χ1n) is 7.55. The Bertz CT molecular complexity index is 1020. The molecule has 0 saturated heterocycles. The number of rotatable bonds is 4. The van der Waals surface area contributed by atoms with Crippen LogP contribution < -0.4 is 5.32 Å². The summed E-state index contributed by atoms with van der Waals surface area (Å²) < 4.78 is 1.63. The van der Waals surface area contributed by atoms with Gasteiger partial charge in [-0.2, -0.15) is 10.4 Å². The maximum absolute atomic E-state index is 12.3. The molecule has 1 amide bonds. The highest BCUT2D eigenvalue weighted by molar-refractivity contribution is 6.34. The maximum Gasteiger partial charge on any atom is 0.266 e. The van der Waals surface area contributed by atoms with Gasteiger partial charge in [-0.1, -0.05) is 35.3 Å². The normalized spacial score (nSPS) is 11.0. The molecular formula is C19H12Cl2N4O. The highest BCUT2D eigenvalue weighted by Gasteiger charge is 2.12. The van der Waals surface area contributed by atoms with Gasteiger partial charge < -0.3 is 5.32 Å². The third kappa shape index (κ3) is 4.12. The van der Waals surface area contributed by atoms with Crippen molar-refractivity contribution in [3.8, 4) is 11.8 Å². The summed E-state index contributed by atoms with van der Waals surface area (Å²) in [6.45, 7) is 0. The zero-order valence-corrected chi connectivity index (χ0v) is 14.9. The summed E-state index contributed by atoms with van der Waals surface area (Å²) in [5.74, 6) is -0.542. The Morgan fingerprint density at radius 3 is 2.58 bits per heavy atom. The number of nitrogens with one attached hydrogen (secondary N) is 1. The minimum atomic E-state index is -0.542. The van der Waals surface area contributed by atoms with E-state index in [4.69, 9.17) is 23.2 Å². The van der Waals surface area contributed by atoms with Crippen molar-refractivity contribution in [1.82, 2.24) is 9.78 Å². The molecule has 2 aromatic carbocycles. The zero-order valence-electron chi connectivity index (χ0n) is 13.4. The second-order valence-electron chi connectivity index (χ2n) is 5.30. The van der Waals surface area contributed by atoms with E-state index in [9.17, 15) is 10.1 Å². The van der Waals surface area contributed by atoms with Crippen LogP contribution in [0.3, 0.4) is 0 Å². The summed E-state index contributed by atoms with van der Waals surface area (Å²) in [4.78, 5) is 12.3. The van der Waals surface area contributed by atoms with Crippen molar-refractivity contribution in [2.75, 3.05) is 5.32 Å². The molecule has 1 heterocycles. The number of amides is 1. The van der Waals surface area contributed by atoms with Gasteiger partial charge >= 0.3 is 0 Å². The molecule has 0 atom stereocenters. The van der Waals surface area contributed by atoms with E-state index in [0.29, 0.717) is 21.3 Å². The van der Waals surface area contributed by atoms with E-state index >= 15 is 0 Å². The lowest BCUT2D eigenvalue weighted by Crippen LogP contribution is -2.13. The lowest BCUT2D eigenvalue weighted by atomic mass is 10.2. The van der Waals surface area contributed by atoms with Gasteiger partial charge in [-0.05, 0) is 42.5 Å². The van der Waals surface area contributed by atoms with E-state index in [1.807, 2.05) is 18.2 Å². The Morgan fingerprint density at radius 2 is 1.88 bits per heavy atom. The molecule has 0 saturated carbocycles. The number of carbonyl (C=O) groups excluding carboxylic acids is 1. The summed E-state index contributed by atoms with van der Waals surface area (Å²) in [6, 6.07) is 15.9. The molecule has 0 aliphatic carbocycles. The highest BCUT2D eigenvalue weighted by Crippen LogP contribution is 2.21. The first kappa shape index (κ1) is 17.7. The summed E-state index contributed by atoms with van der Waals surface area (Å²) in [6.07, 6.45) is 4.74. The smallest absolute Gasteiger partial charge is 0.266 e. The van der Waals surface area contributed by atoms with Gasteiger partial charge in [0, 0.05) is 16.8 Å². The van der Waals surface area contributed by atoms with E-state index in [0.717, 1.165) is 5.69 Å². The van der Waals surface area contributed by atoms with Crippen LogP contribution in [-0.2, 0) is 4.79 Å². The SMILES string of the molecule is N#CC(=Cc1cnn(-c2ccc(Cl)cc2)c1)C(=O)Nc1ccccc1Cl. The first-order valence-corrected chi connectivity index (χ1v) is 8.31. The van der Waals surface area contributed by atoms with Crippen LogP contribution in [0.5, 0.6) is 0 Å². The Morgan fingerprint density at radius 1 is 1.15 bits per heavy atom. The van der Waals surface area contributed by atoms with Crippen molar-refractivity contribution in [3.05, 3.63) is 82.1 Å². The van der Waals surface area contributed by atoms with Crippen LogP contribution in [0.4, 0.5) is 5.69 Å². The molecule has 0 aliphatic rings. The molecule has 3 rings (SSSR count). The summed E-state index contributed by atoms with van der Waals surface area (Å²) in [5.41, 5.74) is 1.82. The fourth-order valence-electron chi connectivity index (χ4n) is 2.21. The van der Waals surface area contributed by atoms with Gasteiger partial charge in [0.1, 0.15) is 11.6 Å². The highest BCUT2D eigenvalue weighted by atomic mass is 35.5. The molecule has 128 valence electrons. The standard InChI is InChI=1S/C19H12Cl2N4O/c20-15-5-7-16(8-6-15)25-12-13(11-23-25)9-14(10-22)19(26)24-18-4-2-1-3-17(18)21/h1-9,11-12H,(H,24,26). The first-order chi connectivity index (χ1) is 12.6. The van der Waals surface area contributed by atoms with Crippen LogP contribution in [0.15, 0.2) is 66.5 Å². The summed E-state index contributed by atoms with van der Waals surface area (Å²) in [5, 5.41) is 17.2. The van der Waals surface area contributed by atoms with Crippen molar-refractivity contribution < 1.29 is 4.79 Å². The number of halogens is 2. The van der Waals surface area contributed by atoms with Crippen molar-refractivity contribution in [2.24, 2.45) is 0 Å². The molecule has 7 heteroatoms. The molecule has 0 unspecified atom stereocenters. The molecule has 5 nitrogen and oxygen atoms in total. The number of aromatic nitrogens is 2. The zero-order chi connectivity index (χ0) is 18.5. The van der Waals surface area contributed by atoms with Crippen molar-refractivity contribution >= 4 is 40.9 Å². The number of nitriles is 1. The lowest BCUT2D eigenvalue weighted by molar-refractivity contribution is -0.112. The van der Waals surface area contributed by atoms with E-state index in [-0.39, 0.29) is 5.57 Å². The van der Waals surface area contributed by atoms with Crippen molar-refractivity contribution in [2.45, 2.75) is 0 Å².